The van der Waals surface area contributed by atoms with Crippen LogP contribution >= 0.6 is 11.6 Å². The van der Waals surface area contributed by atoms with Crippen LogP contribution in [0.1, 0.15) is 29.9 Å². The molecule has 0 amide bonds. The molecule has 2 aliphatic rings. The van der Waals surface area contributed by atoms with E-state index < -0.39 is 0 Å². The van der Waals surface area contributed by atoms with Gasteiger partial charge in [0.1, 0.15) is 5.82 Å². The Morgan fingerprint density at radius 3 is 2.94 bits per heavy atom. The van der Waals surface area contributed by atoms with E-state index in [-0.39, 0.29) is 5.54 Å². The van der Waals surface area contributed by atoms with E-state index in [4.69, 9.17) is 17.3 Å². The predicted molar refractivity (Wildman–Crippen MR) is 66.9 cm³/mol. The zero-order chi connectivity index (χ0) is 11.6. The fourth-order valence-electron chi connectivity index (χ4n) is 2.50. The Balaban J connectivity index is 1.86. The predicted octanol–water partition coefficient (Wildman–Crippen LogP) is 2.58. The lowest BCUT2D eigenvalue weighted by Gasteiger charge is -2.04. The van der Waals surface area contributed by atoms with Crippen molar-refractivity contribution in [2.75, 3.05) is 0 Å². The van der Waals surface area contributed by atoms with Crippen LogP contribution in [0.3, 0.4) is 0 Å². The molecule has 0 aliphatic heterocycles. The van der Waals surface area contributed by atoms with Crippen LogP contribution in [0.25, 0.3) is 11.3 Å². The molecule has 0 spiro atoms. The number of hydrogen-bond donors (Lipinski definition) is 2. The molecule has 0 bridgehead atoms. The molecule has 4 rings (SSSR count). The minimum Gasteiger partial charge on any atom is -0.343 e. The number of aromatic nitrogens is 2. The smallest absolute Gasteiger partial charge is 0.127 e. The highest BCUT2D eigenvalue weighted by molar-refractivity contribution is 6.30. The maximum Gasteiger partial charge on any atom is 0.127 e. The van der Waals surface area contributed by atoms with Crippen LogP contribution in [0, 0.1) is 0 Å². The molecule has 1 aromatic heterocycles. The van der Waals surface area contributed by atoms with Gasteiger partial charge in [-0.1, -0.05) is 17.7 Å². The minimum atomic E-state index is -0.184. The van der Waals surface area contributed by atoms with Crippen LogP contribution in [-0.4, -0.2) is 9.97 Å². The molecular formula is C13H12ClN3. The van der Waals surface area contributed by atoms with Crippen molar-refractivity contribution in [2.24, 2.45) is 5.73 Å². The van der Waals surface area contributed by atoms with Gasteiger partial charge in [-0.15, -0.1) is 0 Å². The number of H-pyrrole nitrogens is 1. The summed E-state index contributed by atoms with van der Waals surface area (Å²) in [6.45, 7) is 0. The quantitative estimate of drug-likeness (QED) is 0.692. The van der Waals surface area contributed by atoms with Gasteiger partial charge in [-0.25, -0.2) is 4.98 Å². The first kappa shape index (κ1) is 9.68. The first-order chi connectivity index (χ1) is 8.16. The molecule has 1 fully saturated rings. The molecule has 86 valence electrons. The second-order valence-electron chi connectivity index (χ2n) is 5.05. The number of benzene rings is 1. The largest absolute Gasteiger partial charge is 0.343 e. The van der Waals surface area contributed by atoms with Crippen molar-refractivity contribution >= 4 is 11.6 Å². The van der Waals surface area contributed by atoms with E-state index in [0.717, 1.165) is 35.8 Å². The second kappa shape index (κ2) is 2.92. The SMILES string of the molecule is NC1(c2nc3c([nH]2)Cc2cc(Cl)ccc2-3)CC1. The van der Waals surface area contributed by atoms with Gasteiger partial charge in [0.15, 0.2) is 0 Å². The maximum absolute atomic E-state index is 6.16. The van der Waals surface area contributed by atoms with Gasteiger partial charge >= 0.3 is 0 Å². The third kappa shape index (κ3) is 1.30. The van der Waals surface area contributed by atoms with Crippen molar-refractivity contribution in [3.63, 3.8) is 0 Å². The maximum atomic E-state index is 6.16. The molecule has 3 N–H and O–H groups in total. The van der Waals surface area contributed by atoms with Gasteiger partial charge < -0.3 is 10.7 Å². The molecule has 2 aromatic rings. The lowest BCUT2D eigenvalue weighted by Crippen LogP contribution is -2.20. The van der Waals surface area contributed by atoms with E-state index in [1.165, 1.54) is 16.8 Å². The van der Waals surface area contributed by atoms with Crippen LogP contribution in [0.15, 0.2) is 18.2 Å². The zero-order valence-electron chi connectivity index (χ0n) is 9.26. The Morgan fingerprint density at radius 1 is 1.35 bits per heavy atom. The Labute approximate surface area is 104 Å². The topological polar surface area (TPSA) is 54.7 Å². The van der Waals surface area contributed by atoms with Gasteiger partial charge in [-0.2, -0.15) is 0 Å². The van der Waals surface area contributed by atoms with E-state index in [1.54, 1.807) is 0 Å². The summed E-state index contributed by atoms with van der Waals surface area (Å²) in [5.74, 6) is 0.947. The van der Waals surface area contributed by atoms with Crippen molar-refractivity contribution < 1.29 is 0 Å². The Bertz CT molecular complexity index is 626. The minimum absolute atomic E-state index is 0.184. The van der Waals surface area contributed by atoms with E-state index in [2.05, 4.69) is 9.97 Å². The molecular weight excluding hydrogens is 234 g/mol. The van der Waals surface area contributed by atoms with Crippen molar-refractivity contribution in [2.45, 2.75) is 24.8 Å². The summed E-state index contributed by atoms with van der Waals surface area (Å²) in [6, 6.07) is 5.98. The molecule has 17 heavy (non-hydrogen) atoms. The highest BCUT2D eigenvalue weighted by Gasteiger charge is 2.44. The van der Waals surface area contributed by atoms with E-state index in [0.29, 0.717) is 0 Å². The highest BCUT2D eigenvalue weighted by atomic mass is 35.5. The molecule has 1 saturated carbocycles. The van der Waals surface area contributed by atoms with Crippen molar-refractivity contribution in [3.05, 3.63) is 40.3 Å². The van der Waals surface area contributed by atoms with Gasteiger partial charge in [-0.05, 0) is 30.5 Å². The van der Waals surface area contributed by atoms with Crippen LogP contribution in [0.5, 0.6) is 0 Å². The average Bonchev–Trinajstić information content (AvgIpc) is 2.77. The molecule has 4 heteroatoms. The van der Waals surface area contributed by atoms with Crippen LogP contribution < -0.4 is 5.73 Å². The lowest BCUT2D eigenvalue weighted by molar-refractivity contribution is 0.682. The molecule has 3 nitrogen and oxygen atoms in total. The molecule has 1 heterocycles. The van der Waals surface area contributed by atoms with Crippen LogP contribution in [0.4, 0.5) is 0 Å². The fourth-order valence-corrected chi connectivity index (χ4v) is 2.69. The number of imidazole rings is 1. The lowest BCUT2D eigenvalue weighted by atomic mass is 10.1. The number of halogens is 1. The Kier molecular flexibility index (Phi) is 1.66. The normalized spacial score (nSPS) is 18.9. The Hall–Kier alpha value is -1.32. The molecule has 2 aliphatic carbocycles. The third-order valence-corrected chi connectivity index (χ3v) is 3.96. The molecule has 1 aromatic carbocycles. The summed E-state index contributed by atoms with van der Waals surface area (Å²) in [5, 5.41) is 0.784. The second-order valence-corrected chi connectivity index (χ2v) is 5.48. The fraction of sp³-hybridized carbons (Fsp3) is 0.308. The summed E-state index contributed by atoms with van der Waals surface area (Å²) >= 11 is 6.00. The van der Waals surface area contributed by atoms with Gasteiger partial charge in [0.25, 0.3) is 0 Å². The standard InChI is InChI=1S/C13H12ClN3/c14-8-1-2-9-7(5-8)6-10-11(9)17-12(16-10)13(15)3-4-13/h1-2,5H,3-4,6,15H2,(H,16,17). The summed E-state index contributed by atoms with van der Waals surface area (Å²) in [6.07, 6.45) is 2.95. The van der Waals surface area contributed by atoms with Gasteiger partial charge in [0.05, 0.1) is 11.2 Å². The van der Waals surface area contributed by atoms with Gasteiger partial charge in [-0.3, -0.25) is 0 Å². The van der Waals surface area contributed by atoms with E-state index in [9.17, 15) is 0 Å². The van der Waals surface area contributed by atoms with E-state index in [1.807, 2.05) is 18.2 Å². The van der Waals surface area contributed by atoms with Crippen LogP contribution in [0.2, 0.25) is 5.02 Å². The summed E-state index contributed by atoms with van der Waals surface area (Å²) in [5.41, 5.74) is 10.6. The molecule has 0 saturated heterocycles. The number of aromatic amines is 1. The first-order valence-electron chi connectivity index (χ1n) is 5.83. The van der Waals surface area contributed by atoms with Crippen molar-refractivity contribution in [3.8, 4) is 11.3 Å². The van der Waals surface area contributed by atoms with E-state index >= 15 is 0 Å². The first-order valence-corrected chi connectivity index (χ1v) is 6.21. The van der Waals surface area contributed by atoms with Gasteiger partial charge in [0.2, 0.25) is 0 Å². The summed E-state index contributed by atoms with van der Waals surface area (Å²) < 4.78 is 0. The van der Waals surface area contributed by atoms with Crippen LogP contribution in [-0.2, 0) is 12.0 Å². The number of nitrogens with one attached hydrogen (secondary N) is 1. The molecule has 0 radical (unpaired) electrons. The number of hydrogen-bond acceptors (Lipinski definition) is 2. The third-order valence-electron chi connectivity index (χ3n) is 3.73. The van der Waals surface area contributed by atoms with Gasteiger partial charge in [0, 0.05) is 22.7 Å². The monoisotopic (exact) mass is 245 g/mol. The zero-order valence-corrected chi connectivity index (χ0v) is 10.0. The average molecular weight is 246 g/mol. The summed E-state index contributed by atoms with van der Waals surface area (Å²) in [4.78, 5) is 8.06. The molecule has 0 atom stereocenters. The molecule has 0 unspecified atom stereocenters. The highest BCUT2D eigenvalue weighted by Crippen LogP contribution is 2.44. The summed E-state index contributed by atoms with van der Waals surface area (Å²) in [7, 11) is 0. The van der Waals surface area contributed by atoms with Crippen molar-refractivity contribution in [1.29, 1.82) is 0 Å². The number of rotatable bonds is 1. The number of nitrogens with zero attached hydrogens (tertiary/aromatic N) is 1. The van der Waals surface area contributed by atoms with Crippen molar-refractivity contribution in [1.82, 2.24) is 9.97 Å². The Morgan fingerprint density at radius 2 is 2.18 bits per heavy atom. The number of nitrogens with two attached hydrogens (primary N) is 1. The number of fused-ring (bicyclic) bond motifs is 3.